The Labute approximate surface area is 103 Å². The first-order valence-electron chi connectivity index (χ1n) is 5.14. The molecule has 86 valence electrons. The maximum atomic E-state index is 9.13. The topological polar surface area (TPSA) is 40.5 Å². The summed E-state index contributed by atoms with van der Waals surface area (Å²) in [5, 5.41) is 22.3. The van der Waals surface area contributed by atoms with Crippen LogP contribution >= 0.6 is 10.9 Å². The SMILES string of the molecule is Oc1ccc(C=S=Cc2ccc(O)cc2)cc1. The molecule has 0 atom stereocenters. The normalized spacial score (nSPS) is 9.65. The lowest BCUT2D eigenvalue weighted by molar-refractivity contribution is 0.475. The molecule has 0 saturated heterocycles. The van der Waals surface area contributed by atoms with Gasteiger partial charge in [0.2, 0.25) is 0 Å². The molecule has 2 N–H and O–H groups in total. The van der Waals surface area contributed by atoms with Crippen molar-refractivity contribution >= 4 is 21.7 Å². The van der Waals surface area contributed by atoms with Crippen LogP contribution < -0.4 is 0 Å². The first-order valence-corrected chi connectivity index (χ1v) is 6.08. The van der Waals surface area contributed by atoms with Crippen molar-refractivity contribution in [2.24, 2.45) is 0 Å². The van der Waals surface area contributed by atoms with E-state index >= 15 is 0 Å². The van der Waals surface area contributed by atoms with E-state index in [4.69, 9.17) is 10.2 Å². The molecule has 0 saturated carbocycles. The van der Waals surface area contributed by atoms with Crippen LogP contribution in [0.2, 0.25) is 0 Å². The van der Waals surface area contributed by atoms with Crippen LogP contribution in [0.3, 0.4) is 0 Å². The maximum Gasteiger partial charge on any atom is 0.115 e. The number of phenols is 2. The van der Waals surface area contributed by atoms with E-state index in [1.165, 1.54) is 0 Å². The van der Waals surface area contributed by atoms with Gasteiger partial charge in [-0.05, 0) is 46.1 Å². The third-order valence-electron chi connectivity index (χ3n) is 2.19. The second kappa shape index (κ2) is 5.37. The third kappa shape index (κ3) is 3.50. The van der Waals surface area contributed by atoms with Gasteiger partial charge in [-0.15, -0.1) is 0 Å². The highest BCUT2D eigenvalue weighted by Crippen LogP contribution is 2.09. The Bertz CT molecular complexity index is 500. The largest absolute Gasteiger partial charge is 0.508 e. The zero-order valence-electron chi connectivity index (χ0n) is 9.08. The Morgan fingerprint density at radius 3 is 1.35 bits per heavy atom. The van der Waals surface area contributed by atoms with Crippen LogP contribution in [0.4, 0.5) is 0 Å². The minimum absolute atomic E-state index is 0.273. The number of hydrogen-bond donors (Lipinski definition) is 2. The Morgan fingerprint density at radius 2 is 1.00 bits per heavy atom. The molecular formula is C14H12O2S. The average Bonchev–Trinajstić information content (AvgIpc) is 2.34. The van der Waals surface area contributed by atoms with E-state index in [0.717, 1.165) is 11.1 Å². The van der Waals surface area contributed by atoms with Crippen molar-refractivity contribution in [3.8, 4) is 11.5 Å². The fourth-order valence-electron chi connectivity index (χ4n) is 1.30. The van der Waals surface area contributed by atoms with Gasteiger partial charge in [0.1, 0.15) is 11.5 Å². The summed E-state index contributed by atoms with van der Waals surface area (Å²) in [6.45, 7) is 0. The molecule has 0 unspecified atom stereocenters. The lowest BCUT2D eigenvalue weighted by atomic mass is 10.2. The molecule has 17 heavy (non-hydrogen) atoms. The molecule has 0 fully saturated rings. The number of benzene rings is 2. The molecule has 2 aromatic rings. The molecule has 0 aliphatic carbocycles. The quantitative estimate of drug-likeness (QED) is 0.797. The minimum atomic E-state index is 0.273. The molecule has 3 heteroatoms. The molecular weight excluding hydrogens is 232 g/mol. The molecule has 0 amide bonds. The standard InChI is InChI=1S/C14H12O2S/c15-13-5-1-11(2-6-13)9-17-10-12-3-7-14(16)8-4-12/h1-10,15-16H. The van der Waals surface area contributed by atoms with Crippen molar-refractivity contribution in [1.82, 2.24) is 0 Å². The molecule has 0 spiro atoms. The van der Waals surface area contributed by atoms with Gasteiger partial charge in [0, 0.05) is 0 Å². The first-order chi connectivity index (χ1) is 8.24. The van der Waals surface area contributed by atoms with Gasteiger partial charge in [0.15, 0.2) is 0 Å². The molecule has 0 aromatic heterocycles. The predicted octanol–water partition coefficient (Wildman–Crippen LogP) is 2.83. The van der Waals surface area contributed by atoms with Crippen LogP contribution in [-0.4, -0.2) is 20.9 Å². The molecule has 2 nitrogen and oxygen atoms in total. The van der Waals surface area contributed by atoms with Gasteiger partial charge in [-0.25, -0.2) is 0 Å². The summed E-state index contributed by atoms with van der Waals surface area (Å²) in [7, 11) is 1.56. The zero-order valence-corrected chi connectivity index (χ0v) is 9.89. The summed E-state index contributed by atoms with van der Waals surface area (Å²) < 4.78 is 0. The van der Waals surface area contributed by atoms with E-state index in [0.29, 0.717) is 0 Å². The van der Waals surface area contributed by atoms with Gasteiger partial charge in [0.05, 0.1) is 0 Å². The summed E-state index contributed by atoms with van der Waals surface area (Å²) in [4.78, 5) is 0. The van der Waals surface area contributed by atoms with Gasteiger partial charge < -0.3 is 10.2 Å². The van der Waals surface area contributed by atoms with E-state index in [1.54, 1.807) is 35.2 Å². The fourth-order valence-corrected chi connectivity index (χ4v) is 1.99. The Kier molecular flexibility index (Phi) is 3.62. The second-order valence-corrected chi connectivity index (χ2v) is 4.30. The molecule has 0 heterocycles. The van der Waals surface area contributed by atoms with Crippen LogP contribution in [0.5, 0.6) is 11.5 Å². The number of aromatic hydroxyl groups is 2. The van der Waals surface area contributed by atoms with Crippen LogP contribution in [0, 0.1) is 0 Å². The number of phenolic OH excluding ortho intramolecular Hbond substituents is 2. The van der Waals surface area contributed by atoms with Gasteiger partial charge in [-0.2, -0.15) is 10.9 Å². The van der Waals surface area contributed by atoms with Gasteiger partial charge in [0.25, 0.3) is 0 Å². The predicted molar refractivity (Wildman–Crippen MR) is 74.1 cm³/mol. The minimum Gasteiger partial charge on any atom is -0.508 e. The van der Waals surface area contributed by atoms with Crippen LogP contribution in [-0.2, 0) is 0 Å². The van der Waals surface area contributed by atoms with Crippen molar-refractivity contribution < 1.29 is 10.2 Å². The van der Waals surface area contributed by atoms with E-state index in [1.807, 2.05) is 35.0 Å². The lowest BCUT2D eigenvalue weighted by Gasteiger charge is -1.92. The van der Waals surface area contributed by atoms with E-state index < -0.39 is 0 Å². The summed E-state index contributed by atoms with van der Waals surface area (Å²) in [5.41, 5.74) is 2.09. The Morgan fingerprint density at radius 1 is 0.647 bits per heavy atom. The van der Waals surface area contributed by atoms with Crippen molar-refractivity contribution in [1.29, 1.82) is 0 Å². The highest BCUT2D eigenvalue weighted by molar-refractivity contribution is 7.96. The fraction of sp³-hybridized carbons (Fsp3) is 0. The smallest absolute Gasteiger partial charge is 0.115 e. The maximum absolute atomic E-state index is 9.13. The van der Waals surface area contributed by atoms with Crippen LogP contribution in [0.15, 0.2) is 48.5 Å². The van der Waals surface area contributed by atoms with Crippen LogP contribution in [0.1, 0.15) is 11.1 Å². The zero-order chi connectivity index (χ0) is 12.1. The van der Waals surface area contributed by atoms with Crippen molar-refractivity contribution in [3.05, 3.63) is 59.7 Å². The van der Waals surface area contributed by atoms with Crippen molar-refractivity contribution in [2.75, 3.05) is 0 Å². The highest BCUT2D eigenvalue weighted by atomic mass is 32.1. The van der Waals surface area contributed by atoms with E-state index in [-0.39, 0.29) is 11.5 Å². The van der Waals surface area contributed by atoms with Crippen molar-refractivity contribution in [2.45, 2.75) is 0 Å². The third-order valence-corrected chi connectivity index (χ3v) is 3.01. The lowest BCUT2D eigenvalue weighted by Crippen LogP contribution is -1.78. The molecule has 2 rings (SSSR count). The van der Waals surface area contributed by atoms with E-state index in [9.17, 15) is 0 Å². The van der Waals surface area contributed by atoms with Crippen LogP contribution in [0.25, 0.3) is 0 Å². The van der Waals surface area contributed by atoms with E-state index in [2.05, 4.69) is 0 Å². The second-order valence-electron chi connectivity index (χ2n) is 3.55. The molecule has 0 aliphatic heterocycles. The Balaban J connectivity index is 2.14. The molecule has 0 radical (unpaired) electrons. The molecule has 0 aliphatic rings. The Hall–Kier alpha value is -2.00. The summed E-state index contributed by atoms with van der Waals surface area (Å²) >= 11 is 0. The number of rotatable bonds is 2. The van der Waals surface area contributed by atoms with Gasteiger partial charge >= 0.3 is 0 Å². The molecule has 2 aromatic carbocycles. The summed E-state index contributed by atoms with van der Waals surface area (Å²) in [6, 6.07) is 14.1. The molecule has 0 bridgehead atoms. The summed E-state index contributed by atoms with van der Waals surface area (Å²) in [5.74, 6) is 0.546. The first kappa shape index (κ1) is 11.5. The van der Waals surface area contributed by atoms with Gasteiger partial charge in [-0.1, -0.05) is 24.3 Å². The average molecular weight is 244 g/mol. The number of hydrogen-bond acceptors (Lipinski definition) is 2. The highest BCUT2D eigenvalue weighted by Gasteiger charge is 1.88. The monoisotopic (exact) mass is 244 g/mol. The van der Waals surface area contributed by atoms with Gasteiger partial charge in [-0.3, -0.25) is 0 Å². The summed E-state index contributed by atoms with van der Waals surface area (Å²) in [6.07, 6.45) is 0. The van der Waals surface area contributed by atoms with Crippen molar-refractivity contribution in [3.63, 3.8) is 0 Å².